The van der Waals surface area contributed by atoms with Crippen LogP contribution in [0.25, 0.3) is 0 Å². The predicted octanol–water partition coefficient (Wildman–Crippen LogP) is 0.828. The standard InChI is InChI=1S/C15H19N3O3/c16-8-10-3-5-18(6-4-10)15(20)11-1-2-13-12(7-11)17-14(19)9-21-13/h1-2,7,10H,3-6,8-9,16H2,(H,17,19). The first-order valence-electron chi connectivity index (χ1n) is 7.23. The third kappa shape index (κ3) is 2.85. The van der Waals surface area contributed by atoms with Gasteiger partial charge in [-0.1, -0.05) is 0 Å². The van der Waals surface area contributed by atoms with Gasteiger partial charge in [-0.05, 0) is 43.5 Å². The van der Waals surface area contributed by atoms with E-state index in [0.29, 0.717) is 29.5 Å². The monoisotopic (exact) mass is 289 g/mol. The molecule has 3 rings (SSSR count). The van der Waals surface area contributed by atoms with Crippen LogP contribution in [0.1, 0.15) is 23.2 Å². The van der Waals surface area contributed by atoms with Crippen LogP contribution in [-0.4, -0.2) is 43.0 Å². The van der Waals surface area contributed by atoms with E-state index in [1.807, 2.05) is 4.90 Å². The van der Waals surface area contributed by atoms with Crippen molar-refractivity contribution in [3.8, 4) is 5.75 Å². The number of carbonyl (C=O) groups excluding carboxylic acids is 2. The van der Waals surface area contributed by atoms with Crippen molar-refractivity contribution in [3.05, 3.63) is 23.8 Å². The number of hydrogen-bond donors (Lipinski definition) is 2. The Hall–Kier alpha value is -2.08. The maximum Gasteiger partial charge on any atom is 0.262 e. The Balaban J connectivity index is 1.73. The number of amides is 2. The lowest BCUT2D eigenvalue weighted by Crippen LogP contribution is -2.40. The van der Waals surface area contributed by atoms with Gasteiger partial charge < -0.3 is 20.7 Å². The lowest BCUT2D eigenvalue weighted by Gasteiger charge is -2.31. The second-order valence-electron chi connectivity index (χ2n) is 5.52. The topological polar surface area (TPSA) is 84.7 Å². The molecule has 1 aromatic carbocycles. The van der Waals surface area contributed by atoms with Gasteiger partial charge >= 0.3 is 0 Å². The zero-order valence-corrected chi connectivity index (χ0v) is 11.8. The fourth-order valence-electron chi connectivity index (χ4n) is 2.77. The summed E-state index contributed by atoms with van der Waals surface area (Å²) in [4.78, 5) is 25.7. The summed E-state index contributed by atoms with van der Waals surface area (Å²) in [5, 5.41) is 2.72. The molecule has 21 heavy (non-hydrogen) atoms. The summed E-state index contributed by atoms with van der Waals surface area (Å²) in [5.41, 5.74) is 6.81. The second kappa shape index (κ2) is 5.73. The molecule has 2 amide bonds. The van der Waals surface area contributed by atoms with E-state index in [4.69, 9.17) is 10.5 Å². The lowest BCUT2D eigenvalue weighted by atomic mass is 9.96. The molecule has 0 unspecified atom stereocenters. The molecule has 0 aromatic heterocycles. The third-order valence-corrected chi connectivity index (χ3v) is 4.09. The van der Waals surface area contributed by atoms with Crippen molar-refractivity contribution in [1.82, 2.24) is 4.90 Å². The molecule has 0 bridgehead atoms. The molecule has 0 saturated carbocycles. The van der Waals surface area contributed by atoms with E-state index in [0.717, 1.165) is 25.9 Å². The number of nitrogens with two attached hydrogens (primary N) is 1. The molecule has 1 aromatic rings. The summed E-state index contributed by atoms with van der Waals surface area (Å²) in [5.74, 6) is 0.919. The predicted molar refractivity (Wildman–Crippen MR) is 78.2 cm³/mol. The molecule has 1 saturated heterocycles. The number of ether oxygens (including phenoxy) is 1. The largest absolute Gasteiger partial charge is 0.482 e. The summed E-state index contributed by atoms with van der Waals surface area (Å²) in [6.07, 6.45) is 1.90. The average Bonchev–Trinajstić information content (AvgIpc) is 2.53. The molecule has 2 aliphatic heterocycles. The van der Waals surface area contributed by atoms with Crippen LogP contribution in [0.2, 0.25) is 0 Å². The molecule has 0 atom stereocenters. The molecule has 6 heteroatoms. The van der Waals surface area contributed by atoms with Gasteiger partial charge in [-0.3, -0.25) is 9.59 Å². The average molecular weight is 289 g/mol. The smallest absolute Gasteiger partial charge is 0.262 e. The number of carbonyl (C=O) groups is 2. The molecule has 0 radical (unpaired) electrons. The van der Waals surface area contributed by atoms with Crippen molar-refractivity contribution in [2.24, 2.45) is 11.7 Å². The van der Waals surface area contributed by atoms with Gasteiger partial charge in [-0.25, -0.2) is 0 Å². The van der Waals surface area contributed by atoms with Crippen LogP contribution >= 0.6 is 0 Å². The second-order valence-corrected chi connectivity index (χ2v) is 5.52. The summed E-state index contributed by atoms with van der Waals surface area (Å²) >= 11 is 0. The summed E-state index contributed by atoms with van der Waals surface area (Å²) in [7, 11) is 0. The number of rotatable bonds is 2. The molecular formula is C15H19N3O3. The quantitative estimate of drug-likeness (QED) is 0.844. The lowest BCUT2D eigenvalue weighted by molar-refractivity contribution is -0.118. The van der Waals surface area contributed by atoms with Crippen molar-refractivity contribution in [1.29, 1.82) is 0 Å². The Morgan fingerprint density at radius 1 is 1.38 bits per heavy atom. The fraction of sp³-hybridized carbons (Fsp3) is 0.467. The third-order valence-electron chi connectivity index (χ3n) is 4.09. The Morgan fingerprint density at radius 3 is 2.86 bits per heavy atom. The summed E-state index contributed by atoms with van der Waals surface area (Å²) < 4.78 is 5.29. The maximum absolute atomic E-state index is 12.5. The number of nitrogens with one attached hydrogen (secondary N) is 1. The molecule has 112 valence electrons. The highest BCUT2D eigenvalue weighted by Gasteiger charge is 2.24. The minimum absolute atomic E-state index is 0.00639. The van der Waals surface area contributed by atoms with Crippen LogP contribution in [0.3, 0.4) is 0 Å². The Bertz CT molecular complexity index is 565. The van der Waals surface area contributed by atoms with E-state index in [2.05, 4.69) is 5.32 Å². The SMILES string of the molecule is NCC1CCN(C(=O)c2ccc3c(c2)NC(=O)CO3)CC1. The van der Waals surface area contributed by atoms with Crippen LogP contribution in [0.4, 0.5) is 5.69 Å². The Kier molecular flexibility index (Phi) is 3.79. The fourth-order valence-corrected chi connectivity index (χ4v) is 2.77. The summed E-state index contributed by atoms with van der Waals surface area (Å²) in [6, 6.07) is 5.16. The van der Waals surface area contributed by atoms with Crippen LogP contribution < -0.4 is 15.8 Å². The number of fused-ring (bicyclic) bond motifs is 1. The number of nitrogens with zero attached hydrogens (tertiary/aromatic N) is 1. The minimum atomic E-state index is -0.198. The number of likely N-dealkylation sites (tertiary alicyclic amines) is 1. The molecule has 0 spiro atoms. The Morgan fingerprint density at radius 2 is 2.14 bits per heavy atom. The highest BCUT2D eigenvalue weighted by atomic mass is 16.5. The van der Waals surface area contributed by atoms with Gasteiger partial charge in [-0.15, -0.1) is 0 Å². The van der Waals surface area contributed by atoms with E-state index in [1.165, 1.54) is 0 Å². The van der Waals surface area contributed by atoms with Gasteiger partial charge in [0, 0.05) is 18.7 Å². The van der Waals surface area contributed by atoms with Gasteiger partial charge in [-0.2, -0.15) is 0 Å². The van der Waals surface area contributed by atoms with E-state index >= 15 is 0 Å². The van der Waals surface area contributed by atoms with Crippen molar-refractivity contribution in [2.45, 2.75) is 12.8 Å². The zero-order chi connectivity index (χ0) is 14.8. The molecule has 2 heterocycles. The van der Waals surface area contributed by atoms with Crippen LogP contribution in [0, 0.1) is 5.92 Å². The molecule has 1 fully saturated rings. The van der Waals surface area contributed by atoms with Crippen molar-refractivity contribution >= 4 is 17.5 Å². The molecule has 0 aliphatic carbocycles. The van der Waals surface area contributed by atoms with E-state index < -0.39 is 0 Å². The van der Waals surface area contributed by atoms with Gasteiger partial charge in [0.1, 0.15) is 5.75 Å². The molecular weight excluding hydrogens is 270 g/mol. The molecule has 3 N–H and O–H groups in total. The first-order chi connectivity index (χ1) is 10.2. The molecule has 2 aliphatic rings. The van der Waals surface area contributed by atoms with Crippen molar-refractivity contribution in [3.63, 3.8) is 0 Å². The van der Waals surface area contributed by atoms with Gasteiger partial charge in [0.25, 0.3) is 11.8 Å². The van der Waals surface area contributed by atoms with Gasteiger partial charge in [0.05, 0.1) is 5.69 Å². The normalized spacial score (nSPS) is 18.7. The zero-order valence-electron chi connectivity index (χ0n) is 11.8. The first-order valence-corrected chi connectivity index (χ1v) is 7.23. The van der Waals surface area contributed by atoms with Gasteiger partial charge in [0.2, 0.25) is 0 Å². The van der Waals surface area contributed by atoms with Crippen LogP contribution in [0.5, 0.6) is 5.75 Å². The number of piperidine rings is 1. The highest BCUT2D eigenvalue weighted by molar-refractivity contribution is 5.99. The van der Waals surface area contributed by atoms with E-state index in [-0.39, 0.29) is 18.4 Å². The highest BCUT2D eigenvalue weighted by Crippen LogP contribution is 2.29. The Labute approximate surface area is 123 Å². The molecule has 6 nitrogen and oxygen atoms in total. The van der Waals surface area contributed by atoms with Crippen molar-refractivity contribution < 1.29 is 14.3 Å². The summed E-state index contributed by atoms with van der Waals surface area (Å²) in [6.45, 7) is 2.18. The number of anilines is 1. The van der Waals surface area contributed by atoms with Crippen LogP contribution in [0.15, 0.2) is 18.2 Å². The van der Waals surface area contributed by atoms with Crippen molar-refractivity contribution in [2.75, 3.05) is 31.6 Å². The first kappa shape index (κ1) is 13.9. The minimum Gasteiger partial charge on any atom is -0.482 e. The number of hydrogen-bond acceptors (Lipinski definition) is 4. The maximum atomic E-state index is 12.5. The van der Waals surface area contributed by atoms with E-state index in [1.54, 1.807) is 18.2 Å². The van der Waals surface area contributed by atoms with Crippen LogP contribution in [-0.2, 0) is 4.79 Å². The van der Waals surface area contributed by atoms with E-state index in [9.17, 15) is 9.59 Å². The number of benzene rings is 1. The van der Waals surface area contributed by atoms with Gasteiger partial charge in [0.15, 0.2) is 6.61 Å².